The summed E-state index contributed by atoms with van der Waals surface area (Å²) >= 11 is 0. The van der Waals surface area contributed by atoms with Crippen LogP contribution in [0.2, 0.25) is 0 Å². The fraction of sp³-hybridized carbons (Fsp3) is 0.200. The van der Waals surface area contributed by atoms with E-state index < -0.39 is 0 Å². The summed E-state index contributed by atoms with van der Waals surface area (Å²) in [5.41, 5.74) is 3.30. The van der Waals surface area contributed by atoms with Crippen LogP contribution in [0.4, 0.5) is 5.69 Å². The maximum Gasteiger partial charge on any atom is 0.270 e. The molecule has 0 amide bonds. The van der Waals surface area contributed by atoms with E-state index in [0.29, 0.717) is 0 Å². The molecular formula is C15H15NO2. The lowest BCUT2D eigenvalue weighted by Gasteiger charge is -2.08. The first-order valence-electron chi connectivity index (χ1n) is 6.05. The molecular weight excluding hydrogens is 226 g/mol. The summed E-state index contributed by atoms with van der Waals surface area (Å²) in [6.45, 7) is 2.11. The molecule has 0 bridgehead atoms. The molecule has 0 saturated heterocycles. The van der Waals surface area contributed by atoms with E-state index in [1.807, 2.05) is 36.4 Å². The Bertz CT molecular complexity index is 550. The molecule has 0 radical (unpaired) electrons. The smallest absolute Gasteiger partial charge is 0.258 e. The Morgan fingerprint density at radius 3 is 2.44 bits per heavy atom. The van der Waals surface area contributed by atoms with Gasteiger partial charge in [0.2, 0.25) is 0 Å². The number of non-ortho nitro benzene ring substituents is 1. The van der Waals surface area contributed by atoms with Gasteiger partial charge in [-0.15, -0.1) is 0 Å². The van der Waals surface area contributed by atoms with Crippen LogP contribution in [0.5, 0.6) is 0 Å². The highest BCUT2D eigenvalue weighted by molar-refractivity contribution is 5.70. The van der Waals surface area contributed by atoms with Crippen LogP contribution in [0.3, 0.4) is 0 Å². The van der Waals surface area contributed by atoms with Crippen molar-refractivity contribution in [3.63, 3.8) is 0 Å². The molecule has 0 heterocycles. The largest absolute Gasteiger partial charge is 0.270 e. The third kappa shape index (κ3) is 2.56. The summed E-state index contributed by atoms with van der Waals surface area (Å²) in [4.78, 5) is 10.5. The zero-order chi connectivity index (χ0) is 13.0. The third-order valence-electron chi connectivity index (χ3n) is 2.91. The van der Waals surface area contributed by atoms with Crippen molar-refractivity contribution in [2.45, 2.75) is 19.8 Å². The van der Waals surface area contributed by atoms with Crippen LogP contribution in [0, 0.1) is 10.1 Å². The van der Waals surface area contributed by atoms with Crippen LogP contribution >= 0.6 is 0 Å². The number of nitro benzene ring substituents is 1. The molecule has 0 aromatic heterocycles. The zero-order valence-electron chi connectivity index (χ0n) is 10.3. The van der Waals surface area contributed by atoms with Crippen molar-refractivity contribution >= 4 is 5.69 Å². The summed E-state index contributed by atoms with van der Waals surface area (Å²) in [6, 6.07) is 14.9. The number of nitrogens with zero attached hydrogens (tertiary/aromatic N) is 1. The highest BCUT2D eigenvalue weighted by atomic mass is 16.6. The van der Waals surface area contributed by atoms with Gasteiger partial charge in [-0.3, -0.25) is 10.1 Å². The van der Waals surface area contributed by atoms with E-state index >= 15 is 0 Å². The average Bonchev–Trinajstić information content (AvgIpc) is 2.40. The third-order valence-corrected chi connectivity index (χ3v) is 2.91. The van der Waals surface area contributed by atoms with Crippen LogP contribution < -0.4 is 0 Å². The molecule has 0 N–H and O–H groups in total. The van der Waals surface area contributed by atoms with Crippen molar-refractivity contribution in [2.24, 2.45) is 0 Å². The second-order valence-corrected chi connectivity index (χ2v) is 4.21. The minimum atomic E-state index is -0.345. The van der Waals surface area contributed by atoms with Gasteiger partial charge in [0, 0.05) is 12.1 Å². The van der Waals surface area contributed by atoms with Crippen LogP contribution in [-0.2, 0) is 6.42 Å². The number of nitro groups is 1. The first-order chi connectivity index (χ1) is 8.72. The van der Waals surface area contributed by atoms with E-state index in [1.54, 1.807) is 12.1 Å². The Morgan fingerprint density at radius 2 is 1.83 bits per heavy atom. The Hall–Kier alpha value is -2.16. The van der Waals surface area contributed by atoms with Crippen molar-refractivity contribution in [1.29, 1.82) is 0 Å². The fourth-order valence-corrected chi connectivity index (χ4v) is 2.05. The van der Waals surface area contributed by atoms with Crippen molar-refractivity contribution in [2.75, 3.05) is 0 Å². The van der Waals surface area contributed by atoms with E-state index in [9.17, 15) is 10.1 Å². The number of rotatable bonds is 4. The molecule has 3 heteroatoms. The monoisotopic (exact) mass is 241 g/mol. The highest BCUT2D eigenvalue weighted by Gasteiger charge is 2.11. The molecule has 0 aliphatic carbocycles. The van der Waals surface area contributed by atoms with E-state index in [-0.39, 0.29) is 10.6 Å². The second-order valence-electron chi connectivity index (χ2n) is 4.21. The van der Waals surface area contributed by atoms with Gasteiger partial charge in [0.1, 0.15) is 0 Å². The van der Waals surface area contributed by atoms with Gasteiger partial charge in [0.25, 0.3) is 5.69 Å². The highest BCUT2D eigenvalue weighted by Crippen LogP contribution is 2.28. The number of hydrogen-bond acceptors (Lipinski definition) is 2. The van der Waals surface area contributed by atoms with E-state index in [2.05, 4.69) is 6.92 Å². The topological polar surface area (TPSA) is 43.1 Å². The number of hydrogen-bond donors (Lipinski definition) is 0. The van der Waals surface area contributed by atoms with Crippen molar-refractivity contribution in [1.82, 2.24) is 0 Å². The quantitative estimate of drug-likeness (QED) is 0.594. The predicted molar refractivity (Wildman–Crippen MR) is 72.5 cm³/mol. The molecule has 0 fully saturated rings. The van der Waals surface area contributed by atoms with Gasteiger partial charge in [-0.1, -0.05) is 49.7 Å². The summed E-state index contributed by atoms with van der Waals surface area (Å²) in [5, 5.41) is 10.9. The molecule has 2 aromatic rings. The number of benzene rings is 2. The van der Waals surface area contributed by atoms with Gasteiger partial charge < -0.3 is 0 Å². The molecule has 0 aliphatic rings. The first kappa shape index (κ1) is 12.3. The Labute approximate surface area is 106 Å². The minimum absolute atomic E-state index is 0.147. The van der Waals surface area contributed by atoms with Crippen LogP contribution in [0.15, 0.2) is 48.5 Å². The molecule has 92 valence electrons. The summed E-state index contributed by atoms with van der Waals surface area (Å²) in [7, 11) is 0. The van der Waals surface area contributed by atoms with Crippen molar-refractivity contribution in [3.05, 3.63) is 64.2 Å². The fourth-order valence-electron chi connectivity index (χ4n) is 2.05. The Morgan fingerprint density at radius 1 is 1.11 bits per heavy atom. The lowest BCUT2D eigenvalue weighted by atomic mass is 9.96. The Balaban J connectivity index is 2.54. The van der Waals surface area contributed by atoms with Crippen LogP contribution in [0.1, 0.15) is 18.9 Å². The van der Waals surface area contributed by atoms with E-state index in [1.165, 1.54) is 0 Å². The molecule has 0 spiro atoms. The van der Waals surface area contributed by atoms with E-state index in [4.69, 9.17) is 0 Å². The summed E-state index contributed by atoms with van der Waals surface area (Å²) in [5.74, 6) is 0. The van der Waals surface area contributed by atoms with Gasteiger partial charge >= 0.3 is 0 Å². The van der Waals surface area contributed by atoms with Gasteiger partial charge in [-0.25, -0.2) is 0 Å². The first-order valence-corrected chi connectivity index (χ1v) is 6.05. The van der Waals surface area contributed by atoms with Crippen molar-refractivity contribution in [3.8, 4) is 11.1 Å². The lowest BCUT2D eigenvalue weighted by Crippen LogP contribution is -1.93. The van der Waals surface area contributed by atoms with Gasteiger partial charge in [0.05, 0.1) is 4.92 Å². The summed E-state index contributed by atoms with van der Waals surface area (Å²) in [6.07, 6.45) is 1.96. The number of aryl methyl sites for hydroxylation is 1. The standard InChI is InChI=1S/C15H15NO2/c1-2-6-12-9-10-14(16(17)18)11-15(12)13-7-4-3-5-8-13/h3-5,7-11H,2,6H2,1H3. The molecule has 2 rings (SSSR count). The van der Waals surface area contributed by atoms with Crippen LogP contribution in [-0.4, -0.2) is 4.92 Å². The SMILES string of the molecule is CCCc1ccc([N+](=O)[O-])cc1-c1ccccc1. The predicted octanol–water partition coefficient (Wildman–Crippen LogP) is 4.21. The maximum absolute atomic E-state index is 10.9. The normalized spacial score (nSPS) is 10.3. The second kappa shape index (κ2) is 5.45. The average molecular weight is 241 g/mol. The van der Waals surface area contributed by atoms with Crippen LogP contribution in [0.25, 0.3) is 11.1 Å². The molecule has 0 saturated carbocycles. The minimum Gasteiger partial charge on any atom is -0.258 e. The van der Waals surface area contributed by atoms with Gasteiger partial charge in [-0.2, -0.15) is 0 Å². The summed E-state index contributed by atoms with van der Waals surface area (Å²) < 4.78 is 0. The molecule has 2 aromatic carbocycles. The lowest BCUT2D eigenvalue weighted by molar-refractivity contribution is -0.384. The van der Waals surface area contributed by atoms with Gasteiger partial charge in [-0.05, 0) is 23.1 Å². The Kier molecular flexibility index (Phi) is 3.72. The molecule has 0 aliphatic heterocycles. The van der Waals surface area contributed by atoms with Crippen molar-refractivity contribution < 1.29 is 4.92 Å². The van der Waals surface area contributed by atoms with Gasteiger partial charge in [0.15, 0.2) is 0 Å². The molecule has 0 atom stereocenters. The zero-order valence-corrected chi connectivity index (χ0v) is 10.3. The maximum atomic E-state index is 10.9. The molecule has 18 heavy (non-hydrogen) atoms. The molecule has 0 unspecified atom stereocenters. The molecule has 3 nitrogen and oxygen atoms in total. The van der Waals surface area contributed by atoms with E-state index in [0.717, 1.165) is 29.5 Å².